The molecule has 12 heteroatoms. The molecular formula is C30H32F2N6O3S. The molecule has 9 nitrogen and oxygen atoms in total. The highest BCUT2D eigenvalue weighted by Gasteiger charge is 2.27. The molecule has 3 heterocycles. The third kappa shape index (κ3) is 5.25. The molecule has 1 aliphatic heterocycles. The molecule has 1 aliphatic carbocycles. The van der Waals surface area contributed by atoms with Crippen LogP contribution in [0, 0.1) is 11.6 Å². The summed E-state index contributed by atoms with van der Waals surface area (Å²) in [5, 5.41) is 9.09. The second kappa shape index (κ2) is 11.1. The number of halogens is 2. The number of fused-ring (bicyclic) bond motifs is 1. The third-order valence-corrected chi connectivity index (χ3v) is 9.12. The highest BCUT2D eigenvalue weighted by atomic mass is 32.2. The lowest BCUT2D eigenvalue weighted by Gasteiger charge is -2.33. The van der Waals surface area contributed by atoms with Gasteiger partial charge in [0.05, 0.1) is 35.8 Å². The Balaban J connectivity index is 1.36. The molecule has 42 heavy (non-hydrogen) atoms. The maximum atomic E-state index is 15.4. The molecule has 4 N–H and O–H groups in total. The number of ether oxygens (including phenoxy) is 1. The Morgan fingerprint density at radius 3 is 2.52 bits per heavy atom. The number of rotatable bonds is 8. The van der Waals surface area contributed by atoms with Crippen molar-refractivity contribution in [3.8, 4) is 11.3 Å². The molecule has 0 unspecified atom stereocenters. The quantitative estimate of drug-likeness (QED) is 0.254. The van der Waals surface area contributed by atoms with Crippen molar-refractivity contribution in [2.75, 3.05) is 23.7 Å². The highest BCUT2D eigenvalue weighted by molar-refractivity contribution is 7.92. The standard InChI is InChI=1S/C30H32F2N6O3S/c1-17(2)38-29-22(18-7-10-20(11-8-18)35-21-15-41-16-21)14-34-30(33)27(29)28(36-38)19-9-12-25(24(32)13-19)37-42(39,40)26-6-4-3-5-23(26)31/h3-7,9,12-14,17,20-21,35,37H,8,10-11,15-16H2,1-2H3,(H2,33,34)/t20-/m1/s1. The van der Waals surface area contributed by atoms with E-state index in [1.165, 1.54) is 24.3 Å². The molecule has 2 aromatic heterocycles. The minimum absolute atomic E-state index is 0.0317. The van der Waals surface area contributed by atoms with Crippen LogP contribution in [0.2, 0.25) is 0 Å². The van der Waals surface area contributed by atoms with Gasteiger partial charge < -0.3 is 15.8 Å². The Bertz CT molecular complexity index is 1800. The van der Waals surface area contributed by atoms with Crippen LogP contribution in [-0.2, 0) is 14.8 Å². The van der Waals surface area contributed by atoms with Gasteiger partial charge in [-0.2, -0.15) is 5.10 Å². The van der Waals surface area contributed by atoms with Crippen molar-refractivity contribution in [1.29, 1.82) is 0 Å². The number of benzene rings is 2. The van der Waals surface area contributed by atoms with Gasteiger partial charge in [-0.05, 0) is 62.9 Å². The fraction of sp³-hybridized carbons (Fsp3) is 0.333. The number of nitrogens with one attached hydrogen (secondary N) is 2. The summed E-state index contributed by atoms with van der Waals surface area (Å²) in [5.41, 5.74) is 9.85. The first-order valence-corrected chi connectivity index (χ1v) is 15.4. The van der Waals surface area contributed by atoms with Gasteiger partial charge in [-0.1, -0.05) is 24.3 Å². The van der Waals surface area contributed by atoms with Gasteiger partial charge in [0.2, 0.25) is 0 Å². The molecule has 4 aromatic rings. The van der Waals surface area contributed by atoms with E-state index in [0.29, 0.717) is 28.7 Å². The van der Waals surface area contributed by atoms with Crippen molar-refractivity contribution in [2.45, 2.75) is 56.1 Å². The fourth-order valence-corrected chi connectivity index (χ4v) is 6.66. The maximum Gasteiger partial charge on any atom is 0.264 e. The lowest BCUT2D eigenvalue weighted by Crippen LogP contribution is -2.50. The topological polar surface area (TPSA) is 124 Å². The van der Waals surface area contributed by atoms with Crippen LogP contribution < -0.4 is 15.8 Å². The number of hydrogen-bond donors (Lipinski definition) is 3. The molecule has 0 amide bonds. The zero-order chi connectivity index (χ0) is 29.6. The van der Waals surface area contributed by atoms with Gasteiger partial charge in [0.1, 0.15) is 28.0 Å². The largest absolute Gasteiger partial charge is 0.383 e. The predicted molar refractivity (Wildman–Crippen MR) is 158 cm³/mol. The molecule has 2 aromatic carbocycles. The molecule has 0 saturated carbocycles. The Kier molecular flexibility index (Phi) is 7.46. The summed E-state index contributed by atoms with van der Waals surface area (Å²) in [7, 11) is -4.35. The predicted octanol–water partition coefficient (Wildman–Crippen LogP) is 5.26. The van der Waals surface area contributed by atoms with E-state index in [0.717, 1.165) is 61.3 Å². The van der Waals surface area contributed by atoms with E-state index < -0.39 is 26.6 Å². The van der Waals surface area contributed by atoms with E-state index in [1.807, 2.05) is 18.5 Å². The van der Waals surface area contributed by atoms with Gasteiger partial charge in [0.25, 0.3) is 10.0 Å². The lowest BCUT2D eigenvalue weighted by molar-refractivity contribution is -0.0103. The van der Waals surface area contributed by atoms with E-state index in [2.05, 4.69) is 21.1 Å². The SMILES string of the molecule is CC(C)n1nc(-c2ccc(NS(=O)(=O)c3ccccc3F)c(F)c2)c2c(N)ncc(C3=CC[C@@H](NC4COC4)CC3)c21. The van der Waals surface area contributed by atoms with Gasteiger partial charge in [0.15, 0.2) is 0 Å². The summed E-state index contributed by atoms with van der Waals surface area (Å²) < 4.78 is 64.2. The van der Waals surface area contributed by atoms with Crippen LogP contribution >= 0.6 is 0 Å². The average Bonchev–Trinajstić information content (AvgIpc) is 3.35. The van der Waals surface area contributed by atoms with Gasteiger partial charge in [0, 0.05) is 29.4 Å². The van der Waals surface area contributed by atoms with Crippen LogP contribution in [0.4, 0.5) is 20.3 Å². The number of anilines is 2. The smallest absolute Gasteiger partial charge is 0.264 e. The number of hydrogen-bond acceptors (Lipinski definition) is 7. The number of pyridine rings is 1. The lowest BCUT2D eigenvalue weighted by atomic mass is 9.89. The molecule has 6 rings (SSSR count). The van der Waals surface area contributed by atoms with Crippen molar-refractivity contribution < 1.29 is 21.9 Å². The Morgan fingerprint density at radius 2 is 1.88 bits per heavy atom. The average molecular weight is 595 g/mol. The van der Waals surface area contributed by atoms with Crippen LogP contribution in [0.3, 0.4) is 0 Å². The van der Waals surface area contributed by atoms with E-state index in [-0.39, 0.29) is 17.5 Å². The van der Waals surface area contributed by atoms with E-state index >= 15 is 4.39 Å². The van der Waals surface area contributed by atoms with Crippen LogP contribution in [0.5, 0.6) is 0 Å². The van der Waals surface area contributed by atoms with Crippen LogP contribution in [-0.4, -0.2) is 48.5 Å². The zero-order valence-corrected chi connectivity index (χ0v) is 24.1. The van der Waals surface area contributed by atoms with Crippen molar-refractivity contribution in [1.82, 2.24) is 20.1 Å². The molecule has 0 radical (unpaired) electrons. The summed E-state index contributed by atoms with van der Waals surface area (Å²) in [6, 6.07) is 9.73. The number of allylic oxidation sites excluding steroid dienone is 1. The molecule has 0 spiro atoms. The normalized spacial score (nSPS) is 17.8. The first-order chi connectivity index (χ1) is 20.1. The van der Waals surface area contributed by atoms with Crippen molar-refractivity contribution in [2.24, 2.45) is 0 Å². The van der Waals surface area contributed by atoms with Gasteiger partial charge in [-0.15, -0.1) is 0 Å². The molecule has 0 bridgehead atoms. The molecule has 1 fully saturated rings. The summed E-state index contributed by atoms with van der Waals surface area (Å²) in [5.74, 6) is -1.51. The summed E-state index contributed by atoms with van der Waals surface area (Å²) in [6.45, 7) is 5.53. The summed E-state index contributed by atoms with van der Waals surface area (Å²) >= 11 is 0. The molecule has 2 aliphatic rings. The van der Waals surface area contributed by atoms with Crippen LogP contribution in [0.1, 0.15) is 44.7 Å². The second-order valence-electron chi connectivity index (χ2n) is 11.0. The van der Waals surface area contributed by atoms with E-state index in [4.69, 9.17) is 15.6 Å². The second-order valence-corrected chi connectivity index (χ2v) is 12.7. The first kappa shape index (κ1) is 28.3. The molecular weight excluding hydrogens is 562 g/mol. The monoisotopic (exact) mass is 594 g/mol. The highest BCUT2D eigenvalue weighted by Crippen LogP contribution is 2.40. The van der Waals surface area contributed by atoms with E-state index in [9.17, 15) is 12.8 Å². The van der Waals surface area contributed by atoms with Crippen molar-refractivity contribution in [3.05, 3.63) is 71.9 Å². The summed E-state index contributed by atoms with van der Waals surface area (Å²) in [4.78, 5) is 3.92. The minimum Gasteiger partial charge on any atom is -0.383 e. The maximum absolute atomic E-state index is 15.4. The molecule has 220 valence electrons. The number of nitrogens with zero attached hydrogens (tertiary/aromatic N) is 3. The van der Waals surface area contributed by atoms with Gasteiger partial charge >= 0.3 is 0 Å². The Hall–Kier alpha value is -3.87. The van der Waals surface area contributed by atoms with Gasteiger partial charge in [-0.3, -0.25) is 9.40 Å². The number of aromatic nitrogens is 3. The molecule has 1 atom stereocenters. The number of sulfonamides is 1. The Labute approximate surface area is 242 Å². The van der Waals surface area contributed by atoms with Crippen molar-refractivity contribution >= 4 is 38.0 Å². The van der Waals surface area contributed by atoms with Crippen LogP contribution in [0.25, 0.3) is 27.7 Å². The van der Waals surface area contributed by atoms with Crippen LogP contribution in [0.15, 0.2) is 59.6 Å². The third-order valence-electron chi connectivity index (χ3n) is 7.72. The minimum atomic E-state index is -4.35. The molecule has 1 saturated heterocycles. The number of nitrogen functional groups attached to an aromatic ring is 1. The number of nitrogens with two attached hydrogens (primary N) is 1. The van der Waals surface area contributed by atoms with E-state index in [1.54, 1.807) is 12.3 Å². The zero-order valence-electron chi connectivity index (χ0n) is 23.3. The van der Waals surface area contributed by atoms with Gasteiger partial charge in [-0.25, -0.2) is 22.2 Å². The summed E-state index contributed by atoms with van der Waals surface area (Å²) in [6.07, 6.45) is 6.74. The Morgan fingerprint density at radius 1 is 1.10 bits per heavy atom. The first-order valence-electron chi connectivity index (χ1n) is 13.9. The fourth-order valence-electron chi connectivity index (χ4n) is 5.51. The van der Waals surface area contributed by atoms with Crippen molar-refractivity contribution in [3.63, 3.8) is 0 Å².